The van der Waals surface area contributed by atoms with Crippen LogP contribution >= 0.6 is 0 Å². The number of hydrogen-bond donors (Lipinski definition) is 1. The average molecular weight is 244 g/mol. The molecule has 1 aromatic carbocycles. The van der Waals surface area contributed by atoms with Crippen LogP contribution in [0, 0.1) is 12.8 Å². The van der Waals surface area contributed by atoms with Crippen LogP contribution in [0.25, 0.3) is 0 Å². The van der Waals surface area contributed by atoms with Crippen LogP contribution in [0.1, 0.15) is 42.9 Å². The number of rotatable bonds is 6. The first-order valence-electron chi connectivity index (χ1n) is 7.30. The summed E-state index contributed by atoms with van der Waals surface area (Å²) in [6.07, 6.45) is 5.59. The van der Waals surface area contributed by atoms with E-state index < -0.39 is 0 Å². The highest BCUT2D eigenvalue weighted by Crippen LogP contribution is 2.39. The average Bonchev–Trinajstić information content (AvgIpc) is 3.25. The van der Waals surface area contributed by atoms with E-state index >= 15 is 0 Å². The monoisotopic (exact) mass is 244 g/mol. The maximum absolute atomic E-state index is 6.06. The van der Waals surface area contributed by atoms with Gasteiger partial charge in [-0.2, -0.15) is 0 Å². The van der Waals surface area contributed by atoms with E-state index in [9.17, 15) is 0 Å². The highest BCUT2D eigenvalue weighted by molar-refractivity contribution is 5.25. The molecule has 0 aromatic heterocycles. The Bertz CT molecular complexity index is 390. The van der Waals surface area contributed by atoms with Crippen LogP contribution in [0.15, 0.2) is 24.3 Å². The molecule has 2 aliphatic rings. The van der Waals surface area contributed by atoms with Crippen LogP contribution < -0.4 is 5.73 Å². The summed E-state index contributed by atoms with van der Waals surface area (Å²) in [7, 11) is 0. The van der Waals surface area contributed by atoms with E-state index in [2.05, 4.69) is 36.1 Å². The fraction of sp³-hybridized carbons (Fsp3) is 0.625. The predicted octanol–water partition coefficient (Wildman–Crippen LogP) is 2.87. The minimum atomic E-state index is 0.429. The lowest BCUT2D eigenvalue weighted by Gasteiger charge is -2.31. The van der Waals surface area contributed by atoms with Crippen LogP contribution in [0.5, 0.6) is 0 Å². The topological polar surface area (TPSA) is 29.3 Å². The third-order valence-electron chi connectivity index (χ3n) is 4.27. The molecule has 0 aliphatic heterocycles. The summed E-state index contributed by atoms with van der Waals surface area (Å²) in [5.74, 6) is 0.949. The van der Waals surface area contributed by atoms with Crippen molar-refractivity contribution in [1.82, 2.24) is 4.90 Å². The Hall–Kier alpha value is -0.860. The number of nitrogens with two attached hydrogens (primary N) is 1. The Labute approximate surface area is 110 Å². The van der Waals surface area contributed by atoms with Crippen molar-refractivity contribution in [3.05, 3.63) is 35.4 Å². The highest BCUT2D eigenvalue weighted by atomic mass is 15.2. The third-order valence-corrected chi connectivity index (χ3v) is 4.27. The molecule has 1 unspecified atom stereocenters. The SMILES string of the molecule is Cc1ccc(C(CN)N(CC2CC2)C2CC2)cc1. The van der Waals surface area contributed by atoms with Gasteiger partial charge < -0.3 is 5.73 Å². The maximum Gasteiger partial charge on any atom is 0.0473 e. The zero-order chi connectivity index (χ0) is 12.5. The summed E-state index contributed by atoms with van der Waals surface area (Å²) in [5.41, 5.74) is 8.79. The molecule has 98 valence electrons. The number of nitrogens with zero attached hydrogens (tertiary/aromatic N) is 1. The minimum absolute atomic E-state index is 0.429. The first-order valence-corrected chi connectivity index (χ1v) is 7.30. The first-order chi connectivity index (χ1) is 8.78. The van der Waals surface area contributed by atoms with Gasteiger partial charge in [0.05, 0.1) is 0 Å². The van der Waals surface area contributed by atoms with E-state index in [4.69, 9.17) is 5.73 Å². The zero-order valence-electron chi connectivity index (χ0n) is 11.3. The molecule has 3 rings (SSSR count). The lowest BCUT2D eigenvalue weighted by atomic mass is 10.0. The lowest BCUT2D eigenvalue weighted by Crippen LogP contribution is -2.37. The second kappa shape index (κ2) is 5.02. The van der Waals surface area contributed by atoms with E-state index in [-0.39, 0.29) is 0 Å². The molecular weight excluding hydrogens is 220 g/mol. The quantitative estimate of drug-likeness (QED) is 0.833. The molecule has 2 fully saturated rings. The van der Waals surface area contributed by atoms with Gasteiger partial charge in [0.1, 0.15) is 0 Å². The van der Waals surface area contributed by atoms with Crippen LogP contribution in [0.3, 0.4) is 0 Å². The lowest BCUT2D eigenvalue weighted by molar-refractivity contribution is 0.183. The number of benzene rings is 1. The Morgan fingerprint density at radius 3 is 2.33 bits per heavy atom. The van der Waals surface area contributed by atoms with Gasteiger partial charge in [0, 0.05) is 25.2 Å². The molecule has 2 N–H and O–H groups in total. The molecule has 1 atom stereocenters. The molecule has 0 spiro atoms. The summed E-state index contributed by atoms with van der Waals surface area (Å²) in [4.78, 5) is 2.68. The van der Waals surface area contributed by atoms with Crippen molar-refractivity contribution < 1.29 is 0 Å². The Morgan fingerprint density at radius 1 is 1.17 bits per heavy atom. The zero-order valence-corrected chi connectivity index (χ0v) is 11.3. The van der Waals surface area contributed by atoms with Crippen molar-refractivity contribution in [3.8, 4) is 0 Å². The van der Waals surface area contributed by atoms with E-state index in [0.29, 0.717) is 6.04 Å². The van der Waals surface area contributed by atoms with Crippen molar-refractivity contribution in [1.29, 1.82) is 0 Å². The Balaban J connectivity index is 1.77. The number of hydrogen-bond acceptors (Lipinski definition) is 2. The van der Waals surface area contributed by atoms with Gasteiger partial charge in [0.2, 0.25) is 0 Å². The van der Waals surface area contributed by atoms with Gasteiger partial charge in [0.15, 0.2) is 0 Å². The van der Waals surface area contributed by atoms with E-state index in [0.717, 1.165) is 18.5 Å². The van der Waals surface area contributed by atoms with Crippen LogP contribution in [0.4, 0.5) is 0 Å². The van der Waals surface area contributed by atoms with Gasteiger partial charge in [0.25, 0.3) is 0 Å². The first kappa shape index (κ1) is 12.2. The molecule has 2 aliphatic carbocycles. The van der Waals surface area contributed by atoms with Crippen molar-refractivity contribution in [2.75, 3.05) is 13.1 Å². The molecule has 0 amide bonds. The maximum atomic E-state index is 6.06. The molecule has 2 saturated carbocycles. The van der Waals surface area contributed by atoms with Gasteiger partial charge in [-0.3, -0.25) is 4.90 Å². The summed E-state index contributed by atoms with van der Waals surface area (Å²) in [6.45, 7) is 4.15. The molecular formula is C16H24N2. The molecule has 0 bridgehead atoms. The number of aryl methyl sites for hydroxylation is 1. The molecule has 1 aromatic rings. The normalized spacial score (nSPS) is 21.3. The Kier molecular flexibility index (Phi) is 3.40. The van der Waals surface area contributed by atoms with Crippen molar-refractivity contribution in [3.63, 3.8) is 0 Å². The fourth-order valence-corrected chi connectivity index (χ4v) is 2.79. The van der Waals surface area contributed by atoms with Crippen LogP contribution in [-0.4, -0.2) is 24.0 Å². The van der Waals surface area contributed by atoms with Crippen molar-refractivity contribution in [2.24, 2.45) is 11.7 Å². The smallest absolute Gasteiger partial charge is 0.0473 e. The molecule has 0 radical (unpaired) electrons. The molecule has 2 heteroatoms. The summed E-state index contributed by atoms with van der Waals surface area (Å²) >= 11 is 0. The van der Waals surface area contributed by atoms with Crippen LogP contribution in [0.2, 0.25) is 0 Å². The van der Waals surface area contributed by atoms with E-state index in [1.807, 2.05) is 0 Å². The standard InChI is InChI=1S/C16H24N2/c1-12-2-6-14(7-3-12)16(10-17)18(15-8-9-15)11-13-4-5-13/h2-3,6-7,13,15-16H,4-5,8-11,17H2,1H3. The van der Waals surface area contributed by atoms with E-state index in [1.165, 1.54) is 43.4 Å². The highest BCUT2D eigenvalue weighted by Gasteiger charge is 2.37. The predicted molar refractivity (Wildman–Crippen MR) is 75.4 cm³/mol. The summed E-state index contributed by atoms with van der Waals surface area (Å²) in [5, 5.41) is 0. The Morgan fingerprint density at radius 2 is 1.83 bits per heavy atom. The van der Waals surface area contributed by atoms with E-state index in [1.54, 1.807) is 0 Å². The largest absolute Gasteiger partial charge is 0.329 e. The van der Waals surface area contributed by atoms with Gasteiger partial charge in [-0.05, 0) is 44.1 Å². The summed E-state index contributed by atoms with van der Waals surface area (Å²) in [6, 6.07) is 10.2. The molecule has 18 heavy (non-hydrogen) atoms. The minimum Gasteiger partial charge on any atom is -0.329 e. The fourth-order valence-electron chi connectivity index (χ4n) is 2.79. The molecule has 0 heterocycles. The summed E-state index contributed by atoms with van der Waals surface area (Å²) < 4.78 is 0. The second-order valence-electron chi connectivity index (χ2n) is 6.03. The van der Waals surface area contributed by atoms with Crippen molar-refractivity contribution in [2.45, 2.75) is 44.7 Å². The van der Waals surface area contributed by atoms with Crippen molar-refractivity contribution >= 4 is 0 Å². The second-order valence-corrected chi connectivity index (χ2v) is 6.03. The van der Waals surface area contributed by atoms with Gasteiger partial charge >= 0.3 is 0 Å². The third kappa shape index (κ3) is 2.76. The van der Waals surface area contributed by atoms with Gasteiger partial charge in [-0.1, -0.05) is 29.8 Å². The molecule has 2 nitrogen and oxygen atoms in total. The molecule has 0 saturated heterocycles. The van der Waals surface area contributed by atoms with Gasteiger partial charge in [-0.15, -0.1) is 0 Å². The van der Waals surface area contributed by atoms with Gasteiger partial charge in [-0.25, -0.2) is 0 Å². The van der Waals surface area contributed by atoms with Crippen LogP contribution in [-0.2, 0) is 0 Å².